The standard InChI is InChI=1S/C33H37FN4O/c1-3-31(39)18-26-6-4-9-32(26)33(36-2,28-7-5-8-29(34)19-28)27-14-16-37(17-15-27)21-25-22-38(23-25)30-12-10-24(20-35)11-13-30/h3,5,7-8,10-13,19,25-27,32H,1,4,6,9,14-18,21-23H2/t26-,32+,33-/m1/s1. The first-order valence-electron chi connectivity index (χ1n) is 14.2. The van der Waals surface area contributed by atoms with Crippen LogP contribution in [0.25, 0.3) is 4.85 Å². The first-order chi connectivity index (χ1) is 19.0. The van der Waals surface area contributed by atoms with E-state index in [1.807, 2.05) is 30.3 Å². The highest BCUT2D eigenvalue weighted by Crippen LogP contribution is 2.54. The summed E-state index contributed by atoms with van der Waals surface area (Å²) >= 11 is 0. The van der Waals surface area contributed by atoms with E-state index in [-0.39, 0.29) is 29.4 Å². The topological polar surface area (TPSA) is 51.7 Å². The molecule has 2 aromatic rings. The van der Waals surface area contributed by atoms with Gasteiger partial charge in [-0.3, -0.25) is 4.79 Å². The molecular weight excluding hydrogens is 487 g/mol. The fourth-order valence-electron chi connectivity index (χ4n) is 7.49. The maximum atomic E-state index is 14.5. The zero-order chi connectivity index (χ0) is 27.4. The SMILES string of the molecule is [C-]#[N+][C@@](c1cccc(F)c1)(C1CCN(CC2CN(c3ccc(C#N)cc3)C2)CC1)[C@H]1CCC[C@@H]1CC(=O)C=C. The lowest BCUT2D eigenvalue weighted by Gasteiger charge is -2.46. The Labute approximate surface area is 231 Å². The Morgan fingerprint density at radius 3 is 2.54 bits per heavy atom. The molecule has 0 aromatic heterocycles. The Morgan fingerprint density at radius 2 is 1.90 bits per heavy atom. The summed E-state index contributed by atoms with van der Waals surface area (Å²) in [5, 5.41) is 9.02. The zero-order valence-corrected chi connectivity index (χ0v) is 22.6. The maximum absolute atomic E-state index is 14.5. The number of anilines is 1. The highest BCUT2D eigenvalue weighted by atomic mass is 19.1. The Balaban J connectivity index is 1.26. The van der Waals surface area contributed by atoms with E-state index in [2.05, 4.69) is 27.3 Å². The average Bonchev–Trinajstić information content (AvgIpc) is 3.40. The third kappa shape index (κ3) is 5.49. The van der Waals surface area contributed by atoms with Crippen LogP contribution in [0.2, 0.25) is 0 Å². The largest absolute Gasteiger partial charge is 0.371 e. The molecule has 2 aliphatic heterocycles. The number of hydrogen-bond acceptors (Lipinski definition) is 4. The molecule has 5 rings (SSSR count). The van der Waals surface area contributed by atoms with Gasteiger partial charge in [0.15, 0.2) is 5.78 Å². The van der Waals surface area contributed by atoms with Crippen molar-refractivity contribution in [2.24, 2.45) is 23.7 Å². The first kappa shape index (κ1) is 27.1. The fraction of sp³-hybridized carbons (Fsp3) is 0.485. The minimum Gasteiger partial charge on any atom is -0.371 e. The molecule has 202 valence electrons. The van der Waals surface area contributed by atoms with E-state index in [9.17, 15) is 9.18 Å². The summed E-state index contributed by atoms with van der Waals surface area (Å²) in [6.07, 6.45) is 6.49. The summed E-state index contributed by atoms with van der Waals surface area (Å²) in [5.41, 5.74) is 1.83. The van der Waals surface area contributed by atoms with Gasteiger partial charge < -0.3 is 14.6 Å². The van der Waals surface area contributed by atoms with Gasteiger partial charge >= 0.3 is 0 Å². The highest BCUT2D eigenvalue weighted by molar-refractivity contribution is 5.89. The fourth-order valence-corrected chi connectivity index (χ4v) is 7.49. The second-order valence-electron chi connectivity index (χ2n) is 11.6. The van der Waals surface area contributed by atoms with Crippen molar-refractivity contribution in [3.8, 4) is 6.07 Å². The van der Waals surface area contributed by atoms with Crippen LogP contribution in [-0.4, -0.2) is 43.4 Å². The van der Waals surface area contributed by atoms with E-state index in [0.29, 0.717) is 17.9 Å². The smallest absolute Gasteiger partial charge is 0.263 e. The van der Waals surface area contributed by atoms with Gasteiger partial charge in [0.25, 0.3) is 5.54 Å². The second kappa shape index (κ2) is 11.7. The van der Waals surface area contributed by atoms with Crippen LogP contribution in [0.3, 0.4) is 0 Å². The predicted molar refractivity (Wildman–Crippen MR) is 151 cm³/mol. The van der Waals surface area contributed by atoms with E-state index in [4.69, 9.17) is 11.8 Å². The molecule has 6 heteroatoms. The van der Waals surface area contributed by atoms with Crippen molar-refractivity contribution in [1.29, 1.82) is 5.26 Å². The van der Waals surface area contributed by atoms with Crippen molar-refractivity contribution in [2.75, 3.05) is 37.6 Å². The van der Waals surface area contributed by atoms with E-state index >= 15 is 0 Å². The van der Waals surface area contributed by atoms with E-state index in [1.165, 1.54) is 17.8 Å². The number of allylic oxidation sites excluding steroid dienone is 1. The Kier molecular flexibility index (Phi) is 8.15. The lowest BCUT2D eigenvalue weighted by atomic mass is 9.63. The van der Waals surface area contributed by atoms with Crippen molar-refractivity contribution in [1.82, 2.24) is 4.90 Å². The molecule has 5 nitrogen and oxygen atoms in total. The number of ketones is 1. The summed E-state index contributed by atoms with van der Waals surface area (Å²) in [5.74, 6) is 0.657. The van der Waals surface area contributed by atoms with Gasteiger partial charge in [-0.2, -0.15) is 5.26 Å². The van der Waals surface area contributed by atoms with Crippen LogP contribution in [0, 0.1) is 47.4 Å². The molecular formula is C33H37FN4O. The molecule has 0 amide bonds. The molecule has 2 heterocycles. The van der Waals surface area contributed by atoms with Crippen molar-refractivity contribution in [2.45, 2.75) is 44.1 Å². The molecule has 0 N–H and O–H groups in total. The van der Waals surface area contributed by atoms with Crippen LogP contribution in [0.4, 0.5) is 10.1 Å². The third-order valence-corrected chi connectivity index (χ3v) is 9.43. The van der Waals surface area contributed by atoms with Crippen LogP contribution in [0.15, 0.2) is 61.2 Å². The van der Waals surface area contributed by atoms with Gasteiger partial charge in [-0.15, -0.1) is 0 Å². The van der Waals surface area contributed by atoms with Gasteiger partial charge in [-0.1, -0.05) is 25.1 Å². The average molecular weight is 525 g/mol. The number of halogens is 1. The van der Waals surface area contributed by atoms with E-state index < -0.39 is 5.54 Å². The molecule has 0 unspecified atom stereocenters. The normalized spacial score (nSPS) is 23.8. The van der Waals surface area contributed by atoms with E-state index in [1.54, 1.807) is 12.1 Å². The van der Waals surface area contributed by atoms with Crippen LogP contribution in [0.5, 0.6) is 0 Å². The van der Waals surface area contributed by atoms with Crippen molar-refractivity contribution in [3.63, 3.8) is 0 Å². The predicted octanol–water partition coefficient (Wildman–Crippen LogP) is 6.22. The number of piperidine rings is 1. The molecule has 0 spiro atoms. The van der Waals surface area contributed by atoms with Crippen molar-refractivity contribution in [3.05, 3.63) is 89.5 Å². The molecule has 1 saturated carbocycles. The molecule has 3 fully saturated rings. The van der Waals surface area contributed by atoms with Gasteiger partial charge in [0.05, 0.1) is 11.6 Å². The van der Waals surface area contributed by atoms with Crippen molar-refractivity contribution >= 4 is 11.5 Å². The molecule has 0 bridgehead atoms. The monoisotopic (exact) mass is 524 g/mol. The van der Waals surface area contributed by atoms with Gasteiger partial charge in [0.1, 0.15) is 5.82 Å². The van der Waals surface area contributed by atoms with Crippen LogP contribution in [-0.2, 0) is 10.3 Å². The summed E-state index contributed by atoms with van der Waals surface area (Å²) in [6.45, 7) is 17.1. The Bertz CT molecular complexity index is 1260. The molecule has 3 aliphatic rings. The van der Waals surface area contributed by atoms with Gasteiger partial charge in [-0.05, 0) is 87.2 Å². The number of carbonyl (C=O) groups is 1. The number of likely N-dealkylation sites (tertiary alicyclic amines) is 1. The van der Waals surface area contributed by atoms with Crippen LogP contribution < -0.4 is 4.90 Å². The van der Waals surface area contributed by atoms with Gasteiger partial charge in [-0.25, -0.2) is 11.0 Å². The number of nitrogens with zero attached hydrogens (tertiary/aromatic N) is 4. The van der Waals surface area contributed by atoms with Gasteiger partial charge in [0.2, 0.25) is 0 Å². The van der Waals surface area contributed by atoms with Crippen molar-refractivity contribution < 1.29 is 9.18 Å². The highest BCUT2D eigenvalue weighted by Gasteiger charge is 2.57. The van der Waals surface area contributed by atoms with E-state index in [0.717, 1.165) is 70.4 Å². The van der Waals surface area contributed by atoms with Crippen LogP contribution >= 0.6 is 0 Å². The zero-order valence-electron chi connectivity index (χ0n) is 22.6. The first-order valence-corrected chi connectivity index (χ1v) is 14.2. The third-order valence-electron chi connectivity index (χ3n) is 9.43. The summed E-state index contributed by atoms with van der Waals surface area (Å²) in [7, 11) is 0. The molecule has 2 saturated heterocycles. The Morgan fingerprint density at radius 1 is 1.15 bits per heavy atom. The Hall–Kier alpha value is -3.48. The quantitative estimate of drug-likeness (QED) is 0.289. The van der Waals surface area contributed by atoms with Crippen LogP contribution in [0.1, 0.15) is 49.7 Å². The maximum Gasteiger partial charge on any atom is 0.263 e. The van der Waals surface area contributed by atoms with Gasteiger partial charge in [0, 0.05) is 55.1 Å². The molecule has 3 atom stereocenters. The summed E-state index contributed by atoms with van der Waals surface area (Å²) in [4.78, 5) is 21.6. The molecule has 39 heavy (non-hydrogen) atoms. The summed E-state index contributed by atoms with van der Waals surface area (Å²) in [6, 6.07) is 16.7. The summed E-state index contributed by atoms with van der Waals surface area (Å²) < 4.78 is 14.5. The second-order valence-corrected chi connectivity index (χ2v) is 11.6. The number of hydrogen-bond donors (Lipinski definition) is 0. The molecule has 1 aliphatic carbocycles. The molecule has 2 aromatic carbocycles. The number of carbonyl (C=O) groups excluding carboxylic acids is 1. The lowest BCUT2D eigenvalue weighted by molar-refractivity contribution is -0.115. The minimum absolute atomic E-state index is 0.0374. The molecule has 0 radical (unpaired) electrons. The minimum atomic E-state index is -0.806. The lowest BCUT2D eigenvalue weighted by Crippen LogP contribution is -2.53. The number of nitriles is 1. The number of benzene rings is 2. The number of rotatable bonds is 9.